The van der Waals surface area contributed by atoms with Gasteiger partial charge < -0.3 is 19.8 Å². The fourth-order valence-corrected chi connectivity index (χ4v) is 8.92. The largest absolute Gasteiger partial charge is 0.472 e. The van der Waals surface area contributed by atoms with E-state index in [4.69, 9.17) is 9.05 Å². The zero-order valence-corrected chi connectivity index (χ0v) is 48.3. The first-order valence-corrected chi connectivity index (χ1v) is 31.1. The van der Waals surface area contributed by atoms with Crippen LogP contribution in [0.25, 0.3) is 0 Å². The summed E-state index contributed by atoms with van der Waals surface area (Å²) in [7, 11) is 1.55. The second kappa shape index (κ2) is 53.3. The van der Waals surface area contributed by atoms with Crippen LogP contribution >= 0.6 is 7.82 Å². The van der Waals surface area contributed by atoms with Crippen LogP contribution in [0.2, 0.25) is 0 Å². The van der Waals surface area contributed by atoms with Gasteiger partial charge in [-0.1, -0.05) is 252 Å². The summed E-state index contributed by atoms with van der Waals surface area (Å²) in [4.78, 5) is 23.2. The van der Waals surface area contributed by atoms with Crippen LogP contribution in [-0.2, 0) is 18.4 Å². The summed E-state index contributed by atoms with van der Waals surface area (Å²) >= 11 is 0. The van der Waals surface area contributed by atoms with E-state index in [1.807, 2.05) is 27.2 Å². The summed E-state index contributed by atoms with van der Waals surface area (Å²) in [6, 6.07) is -0.863. The lowest BCUT2D eigenvalue weighted by Gasteiger charge is -2.25. The third-order valence-electron chi connectivity index (χ3n) is 12.8. The number of carbonyl (C=O) groups is 1. The van der Waals surface area contributed by atoms with Gasteiger partial charge in [0, 0.05) is 6.42 Å². The standard InChI is InChI=1S/C63H113N2O6P/c1-6-8-10-12-14-16-17-18-19-20-21-22-23-24-25-26-27-28-29-30-31-32-33-34-35-36-37-38-39-40-41-42-43-44-45-46-47-49-51-53-55-57-63(67)64-61(60-71-72(68,69)70-59-58-65(3,4)5)62(66)56-54-52-50-48-15-13-11-9-7-2/h8,10,14-16,18-19,21-22,24-25,27-28,48,54,56,61-62,66H,6-7,9,11-13,17,20,23,26,29-47,49-53,55,57-60H2,1-5H3,(H-,64,67,68,69)/p+1/b10-8-,16-14-,19-18-,22-21-,25-24-,28-27-,48-15+,56-54+. The Bertz CT molecular complexity index is 1490. The van der Waals surface area contributed by atoms with Gasteiger partial charge in [0.1, 0.15) is 13.2 Å². The molecule has 0 aliphatic carbocycles. The molecule has 0 radical (unpaired) electrons. The van der Waals surface area contributed by atoms with Gasteiger partial charge >= 0.3 is 7.82 Å². The van der Waals surface area contributed by atoms with Crippen LogP contribution in [0.15, 0.2) is 97.2 Å². The summed E-state index contributed by atoms with van der Waals surface area (Å²) in [5, 5.41) is 13.8. The molecule has 0 saturated carbocycles. The van der Waals surface area contributed by atoms with Gasteiger partial charge in [-0.25, -0.2) is 4.57 Å². The highest BCUT2D eigenvalue weighted by atomic mass is 31.2. The molecular formula is C63H114N2O6P+. The fraction of sp³-hybridized carbons (Fsp3) is 0.730. The number of hydrogen-bond donors (Lipinski definition) is 3. The van der Waals surface area contributed by atoms with Gasteiger partial charge in [-0.3, -0.25) is 13.8 Å². The highest BCUT2D eigenvalue weighted by Crippen LogP contribution is 2.43. The number of phosphoric ester groups is 1. The number of likely N-dealkylation sites (N-methyl/N-ethyl adjacent to an activating group) is 1. The van der Waals surface area contributed by atoms with Gasteiger partial charge in [-0.15, -0.1) is 0 Å². The quantitative estimate of drug-likeness (QED) is 0.0243. The number of allylic oxidation sites excluding steroid dienone is 15. The molecule has 3 unspecified atom stereocenters. The van der Waals surface area contributed by atoms with Crippen molar-refractivity contribution in [1.82, 2.24) is 5.32 Å². The maximum atomic E-state index is 12.9. The van der Waals surface area contributed by atoms with Crippen LogP contribution in [0.5, 0.6) is 0 Å². The molecule has 0 fully saturated rings. The van der Waals surface area contributed by atoms with E-state index in [-0.39, 0.29) is 19.1 Å². The van der Waals surface area contributed by atoms with Crippen LogP contribution in [0.4, 0.5) is 0 Å². The first-order chi connectivity index (χ1) is 35.0. The van der Waals surface area contributed by atoms with E-state index in [1.165, 1.54) is 148 Å². The van der Waals surface area contributed by atoms with Crippen LogP contribution < -0.4 is 5.32 Å². The first-order valence-electron chi connectivity index (χ1n) is 29.6. The zero-order valence-electron chi connectivity index (χ0n) is 47.4. The highest BCUT2D eigenvalue weighted by molar-refractivity contribution is 7.47. The molecule has 3 N–H and O–H groups in total. The Morgan fingerprint density at radius 2 is 0.847 bits per heavy atom. The Morgan fingerprint density at radius 1 is 0.486 bits per heavy atom. The summed E-state index contributed by atoms with van der Waals surface area (Å²) in [5.74, 6) is -0.189. The summed E-state index contributed by atoms with van der Waals surface area (Å²) in [6.07, 6.45) is 77.0. The number of nitrogens with one attached hydrogen (secondary N) is 1. The molecule has 9 heteroatoms. The number of quaternary nitrogens is 1. The van der Waals surface area contributed by atoms with Crippen LogP contribution in [0.3, 0.4) is 0 Å². The molecule has 0 heterocycles. The molecule has 3 atom stereocenters. The molecule has 416 valence electrons. The second-order valence-electron chi connectivity index (χ2n) is 21.0. The van der Waals surface area contributed by atoms with Crippen molar-refractivity contribution in [3.05, 3.63) is 97.2 Å². The van der Waals surface area contributed by atoms with E-state index in [0.29, 0.717) is 17.4 Å². The number of phosphoric acid groups is 1. The molecule has 1 amide bonds. The molecule has 0 saturated heterocycles. The summed E-state index contributed by atoms with van der Waals surface area (Å²) in [6.45, 7) is 4.62. The molecule has 0 aliphatic rings. The molecule has 0 aliphatic heterocycles. The Balaban J connectivity index is 3.84. The van der Waals surface area contributed by atoms with Crippen molar-refractivity contribution < 1.29 is 32.9 Å². The average molecular weight is 1030 g/mol. The topological polar surface area (TPSA) is 105 Å². The number of unbranched alkanes of at least 4 members (excludes halogenated alkanes) is 26. The molecular weight excluding hydrogens is 912 g/mol. The van der Waals surface area contributed by atoms with Crippen LogP contribution in [-0.4, -0.2) is 73.4 Å². The van der Waals surface area contributed by atoms with Gasteiger partial charge in [-0.2, -0.15) is 0 Å². The fourth-order valence-electron chi connectivity index (χ4n) is 8.18. The van der Waals surface area contributed by atoms with Crippen molar-refractivity contribution in [2.24, 2.45) is 0 Å². The summed E-state index contributed by atoms with van der Waals surface area (Å²) < 4.78 is 23.6. The van der Waals surface area contributed by atoms with Gasteiger partial charge in [0.25, 0.3) is 0 Å². The third-order valence-corrected chi connectivity index (χ3v) is 13.8. The molecule has 0 aromatic rings. The lowest BCUT2D eigenvalue weighted by Crippen LogP contribution is -2.45. The molecule has 8 nitrogen and oxygen atoms in total. The maximum Gasteiger partial charge on any atom is 0.472 e. The predicted octanol–water partition coefficient (Wildman–Crippen LogP) is 18.2. The number of nitrogens with zero attached hydrogens (tertiary/aromatic N) is 1. The van der Waals surface area contributed by atoms with E-state index >= 15 is 0 Å². The molecule has 0 rings (SSSR count). The normalized spacial score (nSPS) is 14.6. The van der Waals surface area contributed by atoms with E-state index in [2.05, 4.69) is 104 Å². The van der Waals surface area contributed by atoms with Crippen LogP contribution in [0, 0.1) is 0 Å². The van der Waals surface area contributed by atoms with Gasteiger partial charge in [0.15, 0.2) is 0 Å². The monoisotopic (exact) mass is 1030 g/mol. The van der Waals surface area contributed by atoms with E-state index in [9.17, 15) is 19.4 Å². The molecule has 0 aromatic heterocycles. The molecule has 72 heavy (non-hydrogen) atoms. The van der Waals surface area contributed by atoms with Gasteiger partial charge in [0.2, 0.25) is 5.91 Å². The Labute approximate surface area is 445 Å². The molecule has 0 spiro atoms. The van der Waals surface area contributed by atoms with Crippen molar-refractivity contribution in [1.29, 1.82) is 0 Å². The lowest BCUT2D eigenvalue weighted by molar-refractivity contribution is -0.870. The Kier molecular flexibility index (Phi) is 51.3. The van der Waals surface area contributed by atoms with E-state index in [1.54, 1.807) is 6.08 Å². The van der Waals surface area contributed by atoms with E-state index in [0.717, 1.165) is 77.0 Å². The lowest BCUT2D eigenvalue weighted by atomic mass is 10.0. The number of hydrogen-bond acceptors (Lipinski definition) is 5. The maximum absolute atomic E-state index is 12.9. The Morgan fingerprint density at radius 3 is 1.28 bits per heavy atom. The minimum absolute atomic E-state index is 0.0543. The second-order valence-corrected chi connectivity index (χ2v) is 22.4. The molecule has 0 bridgehead atoms. The minimum atomic E-state index is -4.35. The van der Waals surface area contributed by atoms with Gasteiger partial charge in [-0.05, 0) is 83.5 Å². The number of aliphatic hydroxyl groups excluding tert-OH is 1. The summed E-state index contributed by atoms with van der Waals surface area (Å²) in [5.41, 5.74) is 0. The SMILES string of the molecule is CC/C=C\C/C=C\C/C=C\C/C=C\C/C=C\C/C=C\CCCCCCCCCCCCCCCCCCCCCCCCC(=O)NC(COP(=O)(O)OCC[N+](C)(C)C)C(O)/C=C/CC/C=C/CCCCC. The van der Waals surface area contributed by atoms with Crippen molar-refractivity contribution in [2.75, 3.05) is 40.9 Å². The third kappa shape index (κ3) is 55.2. The van der Waals surface area contributed by atoms with Crippen molar-refractivity contribution in [3.8, 4) is 0 Å². The Hall–Kier alpha value is -2.58. The zero-order chi connectivity index (χ0) is 52.7. The minimum Gasteiger partial charge on any atom is -0.387 e. The number of aliphatic hydroxyl groups is 1. The smallest absolute Gasteiger partial charge is 0.387 e. The van der Waals surface area contributed by atoms with Crippen LogP contribution in [0.1, 0.15) is 245 Å². The van der Waals surface area contributed by atoms with Crippen molar-refractivity contribution in [2.45, 2.75) is 257 Å². The number of amides is 1. The van der Waals surface area contributed by atoms with Crippen molar-refractivity contribution >= 4 is 13.7 Å². The van der Waals surface area contributed by atoms with Crippen molar-refractivity contribution in [3.63, 3.8) is 0 Å². The average Bonchev–Trinajstić information content (AvgIpc) is 3.34. The van der Waals surface area contributed by atoms with E-state index < -0.39 is 20.0 Å². The number of rotatable bonds is 53. The van der Waals surface area contributed by atoms with Gasteiger partial charge in [0.05, 0.1) is 39.9 Å². The first kappa shape index (κ1) is 69.4. The number of carbonyl (C=O) groups excluding carboxylic acids is 1. The highest BCUT2D eigenvalue weighted by Gasteiger charge is 2.27. The molecule has 0 aromatic carbocycles. The predicted molar refractivity (Wildman–Crippen MR) is 313 cm³/mol.